The van der Waals surface area contributed by atoms with E-state index in [9.17, 15) is 9.59 Å². The molecule has 2 rings (SSSR count). The van der Waals surface area contributed by atoms with Crippen LogP contribution in [-0.4, -0.2) is 48.6 Å². The third-order valence-electron chi connectivity index (χ3n) is 4.24. The third-order valence-corrected chi connectivity index (χ3v) is 4.24. The molecule has 0 spiro atoms. The molecular formula is C14H27ClN4O2. The predicted octanol–water partition coefficient (Wildman–Crippen LogP) is 0.846. The van der Waals surface area contributed by atoms with Crippen molar-refractivity contribution in [2.24, 2.45) is 11.7 Å². The van der Waals surface area contributed by atoms with E-state index in [-0.39, 0.29) is 42.3 Å². The van der Waals surface area contributed by atoms with Crippen molar-refractivity contribution >= 4 is 24.3 Å². The highest BCUT2D eigenvalue weighted by Crippen LogP contribution is 2.23. The molecule has 3 atom stereocenters. The van der Waals surface area contributed by atoms with Crippen LogP contribution in [0.1, 0.15) is 39.0 Å². The summed E-state index contributed by atoms with van der Waals surface area (Å²) in [6, 6.07) is 0.210. The maximum absolute atomic E-state index is 12.2. The van der Waals surface area contributed by atoms with E-state index in [1.807, 2.05) is 6.92 Å². The molecule has 0 radical (unpaired) electrons. The Bertz CT molecular complexity index is 367. The van der Waals surface area contributed by atoms with Gasteiger partial charge in [0, 0.05) is 37.6 Å². The molecule has 0 aromatic rings. The number of nitrogens with two attached hydrogens (primary N) is 1. The van der Waals surface area contributed by atoms with Crippen molar-refractivity contribution in [1.29, 1.82) is 0 Å². The Kier molecular flexibility index (Phi) is 7.25. The Morgan fingerprint density at radius 2 is 2.05 bits per heavy atom. The summed E-state index contributed by atoms with van der Waals surface area (Å²) in [5.41, 5.74) is 5.93. The van der Waals surface area contributed by atoms with Crippen molar-refractivity contribution in [3.8, 4) is 0 Å². The Morgan fingerprint density at radius 3 is 2.71 bits per heavy atom. The third kappa shape index (κ3) is 5.04. The Labute approximate surface area is 132 Å². The van der Waals surface area contributed by atoms with E-state index in [1.165, 1.54) is 0 Å². The van der Waals surface area contributed by atoms with E-state index in [2.05, 4.69) is 10.6 Å². The summed E-state index contributed by atoms with van der Waals surface area (Å²) in [4.78, 5) is 25.7. The van der Waals surface area contributed by atoms with Crippen LogP contribution >= 0.6 is 12.4 Å². The van der Waals surface area contributed by atoms with Gasteiger partial charge in [0.25, 0.3) is 0 Å². The molecule has 0 aromatic heterocycles. The van der Waals surface area contributed by atoms with Crippen molar-refractivity contribution in [2.45, 2.75) is 51.1 Å². The lowest BCUT2D eigenvalue weighted by atomic mass is 9.85. The van der Waals surface area contributed by atoms with Gasteiger partial charge in [-0.3, -0.25) is 4.79 Å². The van der Waals surface area contributed by atoms with Crippen LogP contribution in [0.15, 0.2) is 0 Å². The highest BCUT2D eigenvalue weighted by atomic mass is 35.5. The van der Waals surface area contributed by atoms with Gasteiger partial charge in [-0.05, 0) is 32.6 Å². The van der Waals surface area contributed by atoms with Crippen molar-refractivity contribution in [3.63, 3.8) is 0 Å². The van der Waals surface area contributed by atoms with Crippen LogP contribution in [0.3, 0.4) is 0 Å². The number of carbonyl (C=O) groups excluding carboxylic acids is 2. The minimum atomic E-state index is -0.0380. The molecule has 122 valence electrons. The van der Waals surface area contributed by atoms with Gasteiger partial charge in [0.1, 0.15) is 0 Å². The lowest BCUT2D eigenvalue weighted by Gasteiger charge is -2.27. The van der Waals surface area contributed by atoms with Crippen LogP contribution in [0.4, 0.5) is 4.79 Å². The summed E-state index contributed by atoms with van der Waals surface area (Å²) in [5.74, 6) is 0.167. The first-order chi connectivity index (χ1) is 9.60. The van der Waals surface area contributed by atoms with Crippen molar-refractivity contribution in [2.75, 3.05) is 19.6 Å². The highest BCUT2D eigenvalue weighted by molar-refractivity contribution is 5.85. The summed E-state index contributed by atoms with van der Waals surface area (Å²) >= 11 is 0. The fraction of sp³-hybridized carbons (Fsp3) is 0.857. The molecule has 3 amide bonds. The van der Waals surface area contributed by atoms with Crippen LogP contribution in [-0.2, 0) is 4.79 Å². The molecule has 1 saturated carbocycles. The van der Waals surface area contributed by atoms with Gasteiger partial charge in [0.2, 0.25) is 5.91 Å². The quantitative estimate of drug-likeness (QED) is 0.721. The molecule has 1 aliphatic carbocycles. The van der Waals surface area contributed by atoms with Gasteiger partial charge in [-0.25, -0.2) is 4.79 Å². The summed E-state index contributed by atoms with van der Waals surface area (Å²) in [6.45, 7) is 3.85. The van der Waals surface area contributed by atoms with Gasteiger partial charge >= 0.3 is 6.03 Å². The molecule has 21 heavy (non-hydrogen) atoms. The molecular weight excluding hydrogens is 292 g/mol. The Morgan fingerprint density at radius 1 is 1.29 bits per heavy atom. The van der Waals surface area contributed by atoms with E-state index in [1.54, 1.807) is 4.90 Å². The zero-order valence-electron chi connectivity index (χ0n) is 12.6. The zero-order chi connectivity index (χ0) is 14.5. The second kappa shape index (κ2) is 8.44. The summed E-state index contributed by atoms with van der Waals surface area (Å²) in [6.07, 6.45) is 4.62. The number of nitrogens with one attached hydrogen (secondary N) is 2. The number of halogens is 1. The molecule has 1 heterocycles. The summed E-state index contributed by atoms with van der Waals surface area (Å²) in [7, 11) is 0. The van der Waals surface area contributed by atoms with Crippen molar-refractivity contribution in [1.82, 2.24) is 15.5 Å². The molecule has 2 aliphatic rings. The maximum atomic E-state index is 12.2. The molecule has 1 aliphatic heterocycles. The molecule has 3 unspecified atom stereocenters. The Hall–Kier alpha value is -1.01. The number of amides is 3. The first-order valence-electron chi connectivity index (χ1n) is 7.69. The molecule has 6 nitrogen and oxygen atoms in total. The first kappa shape index (κ1) is 18.0. The van der Waals surface area contributed by atoms with Gasteiger partial charge in [-0.1, -0.05) is 6.42 Å². The number of hydrogen-bond acceptors (Lipinski definition) is 3. The van der Waals surface area contributed by atoms with Gasteiger partial charge in [-0.2, -0.15) is 0 Å². The SMILES string of the molecule is CCNC(=O)N1CCC(NC(=O)C2CCCC(N)C2)C1.Cl. The van der Waals surface area contributed by atoms with Crippen LogP contribution in [0, 0.1) is 5.92 Å². The van der Waals surface area contributed by atoms with Crippen LogP contribution < -0.4 is 16.4 Å². The zero-order valence-corrected chi connectivity index (χ0v) is 13.5. The minimum absolute atomic E-state index is 0. The number of urea groups is 1. The lowest BCUT2D eigenvalue weighted by Crippen LogP contribution is -2.45. The normalized spacial score (nSPS) is 28.7. The van der Waals surface area contributed by atoms with E-state index in [0.717, 1.165) is 32.1 Å². The van der Waals surface area contributed by atoms with Gasteiger partial charge < -0.3 is 21.3 Å². The monoisotopic (exact) mass is 318 g/mol. The van der Waals surface area contributed by atoms with Crippen LogP contribution in [0.25, 0.3) is 0 Å². The average Bonchev–Trinajstić information content (AvgIpc) is 2.87. The van der Waals surface area contributed by atoms with E-state index < -0.39 is 0 Å². The van der Waals surface area contributed by atoms with Crippen LogP contribution in [0.2, 0.25) is 0 Å². The second-order valence-corrected chi connectivity index (χ2v) is 5.90. The maximum Gasteiger partial charge on any atom is 0.317 e. The topological polar surface area (TPSA) is 87.5 Å². The number of nitrogens with zero attached hydrogens (tertiary/aromatic N) is 1. The minimum Gasteiger partial charge on any atom is -0.351 e. The van der Waals surface area contributed by atoms with E-state index >= 15 is 0 Å². The number of hydrogen-bond donors (Lipinski definition) is 3. The lowest BCUT2D eigenvalue weighted by molar-refractivity contribution is -0.126. The number of rotatable bonds is 3. The molecule has 7 heteroatoms. The van der Waals surface area contributed by atoms with Gasteiger partial charge in [-0.15, -0.1) is 12.4 Å². The summed E-state index contributed by atoms with van der Waals surface area (Å²) in [5, 5.41) is 5.87. The summed E-state index contributed by atoms with van der Waals surface area (Å²) < 4.78 is 0. The first-order valence-corrected chi connectivity index (χ1v) is 7.69. The number of likely N-dealkylation sites (tertiary alicyclic amines) is 1. The molecule has 0 bridgehead atoms. The second-order valence-electron chi connectivity index (χ2n) is 5.90. The molecule has 4 N–H and O–H groups in total. The molecule has 1 saturated heterocycles. The van der Waals surface area contributed by atoms with E-state index in [0.29, 0.717) is 19.6 Å². The molecule has 0 aromatic carbocycles. The highest BCUT2D eigenvalue weighted by Gasteiger charge is 2.30. The van der Waals surface area contributed by atoms with Crippen molar-refractivity contribution in [3.05, 3.63) is 0 Å². The van der Waals surface area contributed by atoms with E-state index in [4.69, 9.17) is 5.73 Å². The number of carbonyl (C=O) groups is 2. The van der Waals surface area contributed by atoms with Gasteiger partial charge in [0.15, 0.2) is 0 Å². The predicted molar refractivity (Wildman–Crippen MR) is 84.4 cm³/mol. The smallest absolute Gasteiger partial charge is 0.317 e. The van der Waals surface area contributed by atoms with Crippen molar-refractivity contribution < 1.29 is 9.59 Å². The fourth-order valence-corrected chi connectivity index (χ4v) is 3.11. The Balaban J connectivity index is 0.00000220. The average molecular weight is 319 g/mol. The molecule has 2 fully saturated rings. The standard InChI is InChI=1S/C14H26N4O2.ClH/c1-2-16-14(20)18-7-6-12(9-18)17-13(19)10-4-3-5-11(15)8-10;/h10-12H,2-9,15H2,1H3,(H,16,20)(H,17,19);1H. The van der Waals surface area contributed by atoms with Gasteiger partial charge in [0.05, 0.1) is 0 Å². The van der Waals surface area contributed by atoms with Crippen LogP contribution in [0.5, 0.6) is 0 Å². The fourth-order valence-electron chi connectivity index (χ4n) is 3.11. The largest absolute Gasteiger partial charge is 0.351 e.